The molecule has 2 saturated heterocycles. The third-order valence-corrected chi connectivity index (χ3v) is 7.51. The molecule has 5 rings (SSSR count). The molecule has 2 aliphatic rings. The second-order valence-corrected chi connectivity index (χ2v) is 11.5. The number of hydrogen-bond donors (Lipinski definition) is 1. The van der Waals surface area contributed by atoms with Gasteiger partial charge in [-0.05, 0) is 29.2 Å². The number of amides is 1. The van der Waals surface area contributed by atoms with Crippen molar-refractivity contribution < 1.29 is 31.9 Å². The van der Waals surface area contributed by atoms with Crippen LogP contribution in [-0.4, -0.2) is 53.2 Å². The Morgan fingerprint density at radius 3 is 2.60 bits per heavy atom. The number of aromatic nitrogens is 1. The third kappa shape index (κ3) is 5.37. The lowest BCUT2D eigenvalue weighted by atomic mass is 9.79. The van der Waals surface area contributed by atoms with E-state index >= 15 is 4.39 Å². The Hall–Kier alpha value is -3.66. The average Bonchev–Trinajstić information content (AvgIpc) is 3.46. The summed E-state index contributed by atoms with van der Waals surface area (Å²) in [5.74, 6) is -2.87. The predicted octanol–water partition coefficient (Wildman–Crippen LogP) is 5.00. The van der Waals surface area contributed by atoms with E-state index in [0.29, 0.717) is 11.5 Å². The molecule has 7 nitrogen and oxygen atoms in total. The molecular weight excluding hydrogens is 523 g/mol. The summed E-state index contributed by atoms with van der Waals surface area (Å²) in [6, 6.07) is 11.0. The monoisotopic (exact) mass is 555 g/mol. The normalized spacial score (nSPS) is 23.7. The molecule has 0 saturated carbocycles. The first kappa shape index (κ1) is 27.9. The minimum Gasteiger partial charge on any atom is -0.451 e. The number of rotatable bonds is 6. The van der Waals surface area contributed by atoms with Crippen molar-refractivity contribution in [3.05, 3.63) is 77.2 Å². The molecule has 0 spiro atoms. The smallest absolute Gasteiger partial charge is 0.303 e. The highest BCUT2D eigenvalue weighted by atomic mass is 19.1. The van der Waals surface area contributed by atoms with E-state index in [1.807, 2.05) is 51.1 Å². The van der Waals surface area contributed by atoms with E-state index in [-0.39, 0.29) is 31.0 Å². The molecule has 0 radical (unpaired) electrons. The maximum Gasteiger partial charge on any atom is 0.303 e. The van der Waals surface area contributed by atoms with Crippen molar-refractivity contribution in [2.45, 2.75) is 58.5 Å². The van der Waals surface area contributed by atoms with Gasteiger partial charge in [0, 0.05) is 32.4 Å². The fourth-order valence-electron chi connectivity index (χ4n) is 5.79. The molecule has 5 unspecified atom stereocenters. The van der Waals surface area contributed by atoms with Gasteiger partial charge in [0.1, 0.15) is 29.3 Å². The number of ether oxygens (including phenoxy) is 1. The molecule has 5 atom stereocenters. The second kappa shape index (κ2) is 10.7. The highest BCUT2D eigenvalue weighted by Crippen LogP contribution is 2.44. The van der Waals surface area contributed by atoms with Gasteiger partial charge in [-0.3, -0.25) is 9.59 Å². The Labute approximate surface area is 230 Å². The van der Waals surface area contributed by atoms with Gasteiger partial charge in [0.05, 0.1) is 17.6 Å². The number of piperidine rings is 1. The molecule has 3 heterocycles. The number of carbonyl (C=O) groups excluding carboxylic acids is 2. The topological polar surface area (TPSA) is 84.7 Å². The predicted molar refractivity (Wildman–Crippen MR) is 141 cm³/mol. The van der Waals surface area contributed by atoms with Crippen molar-refractivity contribution >= 4 is 11.9 Å². The summed E-state index contributed by atoms with van der Waals surface area (Å²) in [6.45, 7) is 7.02. The maximum atomic E-state index is 15.1. The average molecular weight is 556 g/mol. The zero-order valence-electron chi connectivity index (χ0n) is 22.8. The molecule has 212 valence electrons. The van der Waals surface area contributed by atoms with Gasteiger partial charge < -0.3 is 19.4 Å². The fourth-order valence-corrected chi connectivity index (χ4v) is 5.79. The van der Waals surface area contributed by atoms with Gasteiger partial charge in [0.15, 0.2) is 6.10 Å². The van der Waals surface area contributed by atoms with E-state index in [2.05, 4.69) is 10.3 Å². The van der Waals surface area contributed by atoms with Crippen LogP contribution in [0.5, 0.6) is 0 Å². The third-order valence-electron chi connectivity index (χ3n) is 7.51. The Morgan fingerprint density at radius 2 is 1.93 bits per heavy atom. The first-order valence-electron chi connectivity index (χ1n) is 13.3. The number of esters is 1. The van der Waals surface area contributed by atoms with Crippen molar-refractivity contribution in [2.75, 3.05) is 13.1 Å². The number of carbonyl (C=O) groups is 2. The van der Waals surface area contributed by atoms with Crippen molar-refractivity contribution in [2.24, 2.45) is 11.3 Å². The zero-order chi connectivity index (χ0) is 28.8. The standard InChI is InChI=1S/C30H32F3N3O4/c1-16(37)39-26-24-20(22(33)14-34-24)15-36(29(26)38)27(30(2,3)4)25-23(12-17-8-6-5-7-9-17)40-28(35-25)19-13-18(31)10-11-21(19)32/h5-11,13,20,22,24,26-27,34H,12,14-15H2,1-4H3. The molecule has 0 bridgehead atoms. The molecule has 2 aliphatic heterocycles. The lowest BCUT2D eigenvalue weighted by Crippen LogP contribution is -2.61. The number of oxazole rings is 1. The Kier molecular flexibility index (Phi) is 7.48. The molecule has 1 aromatic heterocycles. The van der Waals surface area contributed by atoms with Crippen LogP contribution in [-0.2, 0) is 20.7 Å². The van der Waals surface area contributed by atoms with Crippen molar-refractivity contribution in [1.29, 1.82) is 0 Å². The van der Waals surface area contributed by atoms with Crippen LogP contribution in [0, 0.1) is 23.0 Å². The molecule has 3 aromatic rings. The van der Waals surface area contributed by atoms with Gasteiger partial charge in [-0.25, -0.2) is 18.2 Å². The van der Waals surface area contributed by atoms with Crippen LogP contribution in [0.2, 0.25) is 0 Å². The van der Waals surface area contributed by atoms with Crippen LogP contribution in [0.3, 0.4) is 0 Å². The number of fused-ring (bicyclic) bond motifs is 1. The van der Waals surface area contributed by atoms with Crippen molar-refractivity contribution in [1.82, 2.24) is 15.2 Å². The minimum atomic E-state index is -1.25. The van der Waals surface area contributed by atoms with Crippen LogP contribution >= 0.6 is 0 Å². The highest BCUT2D eigenvalue weighted by Gasteiger charge is 2.54. The van der Waals surface area contributed by atoms with Crippen LogP contribution < -0.4 is 5.32 Å². The van der Waals surface area contributed by atoms with Gasteiger partial charge >= 0.3 is 5.97 Å². The highest BCUT2D eigenvalue weighted by molar-refractivity contribution is 5.86. The van der Waals surface area contributed by atoms with E-state index in [1.54, 1.807) is 0 Å². The van der Waals surface area contributed by atoms with Gasteiger partial charge in [0.25, 0.3) is 5.91 Å². The van der Waals surface area contributed by atoms with Crippen LogP contribution in [0.15, 0.2) is 52.9 Å². The quantitative estimate of drug-likeness (QED) is 0.431. The largest absolute Gasteiger partial charge is 0.451 e. The van der Waals surface area contributed by atoms with Crippen LogP contribution in [0.1, 0.15) is 50.8 Å². The van der Waals surface area contributed by atoms with E-state index in [0.717, 1.165) is 23.8 Å². The molecular formula is C30H32F3N3O4. The number of likely N-dealkylation sites (tertiary alicyclic amines) is 1. The number of halogens is 3. The lowest BCUT2D eigenvalue weighted by molar-refractivity contribution is -0.170. The SMILES string of the molecule is CC(=O)OC1C(=O)N(C(c2nc(-c3cc(F)ccc3F)oc2Cc2ccccc2)C(C)(C)C)CC2C(F)CNC12. The molecule has 40 heavy (non-hydrogen) atoms. The van der Waals surface area contributed by atoms with E-state index < -0.39 is 59.2 Å². The van der Waals surface area contributed by atoms with Gasteiger partial charge in [-0.15, -0.1) is 0 Å². The van der Waals surface area contributed by atoms with Gasteiger partial charge in [-0.2, -0.15) is 0 Å². The summed E-state index contributed by atoms with van der Waals surface area (Å²) in [5.41, 5.74) is 0.413. The number of nitrogens with one attached hydrogen (secondary N) is 1. The first-order valence-corrected chi connectivity index (χ1v) is 13.3. The van der Waals surface area contributed by atoms with Gasteiger partial charge in [-0.1, -0.05) is 51.1 Å². The number of hydrogen-bond acceptors (Lipinski definition) is 6. The zero-order valence-corrected chi connectivity index (χ0v) is 22.8. The molecule has 10 heteroatoms. The lowest BCUT2D eigenvalue weighted by Gasteiger charge is -2.46. The summed E-state index contributed by atoms with van der Waals surface area (Å²) in [7, 11) is 0. The minimum absolute atomic E-state index is 0.0423. The maximum absolute atomic E-state index is 15.1. The van der Waals surface area contributed by atoms with Crippen molar-refractivity contribution in [3.63, 3.8) is 0 Å². The molecule has 2 aromatic carbocycles. The summed E-state index contributed by atoms with van der Waals surface area (Å²) >= 11 is 0. The molecule has 1 N–H and O–H groups in total. The Bertz CT molecular complexity index is 1400. The number of alkyl halides is 1. The van der Waals surface area contributed by atoms with E-state index in [1.165, 1.54) is 11.8 Å². The number of benzene rings is 2. The summed E-state index contributed by atoms with van der Waals surface area (Å²) < 4.78 is 55.5. The van der Waals surface area contributed by atoms with E-state index in [4.69, 9.17) is 9.15 Å². The Balaban J connectivity index is 1.65. The summed E-state index contributed by atoms with van der Waals surface area (Å²) in [5, 5.41) is 3.00. The van der Waals surface area contributed by atoms with Gasteiger partial charge in [0.2, 0.25) is 5.89 Å². The summed E-state index contributed by atoms with van der Waals surface area (Å²) in [4.78, 5) is 32.0. The molecule has 1 amide bonds. The Morgan fingerprint density at radius 1 is 1.20 bits per heavy atom. The molecule has 2 fully saturated rings. The first-order chi connectivity index (χ1) is 18.9. The van der Waals surface area contributed by atoms with Crippen LogP contribution in [0.4, 0.5) is 13.2 Å². The molecule has 0 aliphatic carbocycles. The van der Waals surface area contributed by atoms with Crippen LogP contribution in [0.25, 0.3) is 11.5 Å². The van der Waals surface area contributed by atoms with E-state index in [9.17, 15) is 18.4 Å². The van der Waals surface area contributed by atoms with Crippen molar-refractivity contribution in [3.8, 4) is 11.5 Å². The fraction of sp³-hybridized carbons (Fsp3) is 0.433. The summed E-state index contributed by atoms with van der Waals surface area (Å²) in [6.07, 6.45) is -2.20. The number of nitrogens with zero attached hydrogens (tertiary/aromatic N) is 2. The second-order valence-electron chi connectivity index (χ2n) is 11.5.